The molecule has 1 aliphatic rings. The van der Waals surface area contributed by atoms with Crippen molar-refractivity contribution < 1.29 is 19.8 Å². The molecule has 1 aliphatic carbocycles. The van der Waals surface area contributed by atoms with Gasteiger partial charge in [-0.15, -0.1) is 0 Å². The van der Waals surface area contributed by atoms with Crippen molar-refractivity contribution in [3.63, 3.8) is 0 Å². The highest BCUT2D eigenvalue weighted by Crippen LogP contribution is 2.50. The van der Waals surface area contributed by atoms with Crippen LogP contribution in [-0.2, 0) is 11.8 Å². The Morgan fingerprint density at radius 1 is 0.811 bits per heavy atom. The van der Waals surface area contributed by atoms with Crippen LogP contribution >= 0.6 is 0 Å². The monoisotopic (exact) mass is 498 g/mol. The van der Waals surface area contributed by atoms with Crippen LogP contribution in [0.1, 0.15) is 110 Å². The summed E-state index contributed by atoms with van der Waals surface area (Å²) in [7, 11) is 0. The molecule has 0 saturated heterocycles. The second-order valence-electron chi connectivity index (χ2n) is 11.3. The summed E-state index contributed by atoms with van der Waals surface area (Å²) in [5.74, 6) is -1.65. The Kier molecular flexibility index (Phi) is 7.87. The summed E-state index contributed by atoms with van der Waals surface area (Å²) in [6, 6.07) is 16.7. The van der Waals surface area contributed by atoms with E-state index in [0.717, 1.165) is 55.2 Å². The average molecular weight is 499 g/mol. The fraction of sp³-hybridized carbons (Fsp3) is 0.394. The number of carboxylic acids is 2. The first-order chi connectivity index (χ1) is 17.6. The largest absolute Gasteiger partial charge is 0.478 e. The third-order valence-corrected chi connectivity index (χ3v) is 7.64. The van der Waals surface area contributed by atoms with Crippen LogP contribution < -0.4 is 0 Å². The fourth-order valence-corrected chi connectivity index (χ4v) is 6.02. The Labute approximate surface area is 220 Å². The van der Waals surface area contributed by atoms with E-state index in [1.165, 1.54) is 17.5 Å². The molecule has 0 spiro atoms. The van der Waals surface area contributed by atoms with Crippen molar-refractivity contribution in [3.8, 4) is 22.3 Å². The number of carboxylic acid groups (broad SMARTS) is 2. The average Bonchev–Trinajstić information content (AvgIpc) is 2.88. The molecule has 0 amide bonds. The Bertz CT molecular complexity index is 1310. The number of aryl methyl sites for hydroxylation is 1. The maximum Gasteiger partial charge on any atom is 0.336 e. The summed E-state index contributed by atoms with van der Waals surface area (Å²) in [6.45, 7) is 8.80. The van der Waals surface area contributed by atoms with Crippen LogP contribution in [-0.4, -0.2) is 22.2 Å². The first-order valence-electron chi connectivity index (χ1n) is 13.5. The Morgan fingerprint density at radius 3 is 1.81 bits per heavy atom. The van der Waals surface area contributed by atoms with Gasteiger partial charge in [-0.05, 0) is 81.7 Å². The van der Waals surface area contributed by atoms with Crippen LogP contribution in [0.2, 0.25) is 0 Å². The summed E-state index contributed by atoms with van der Waals surface area (Å²) in [4.78, 5) is 24.9. The molecule has 0 unspecified atom stereocenters. The Balaban J connectivity index is 2.26. The van der Waals surface area contributed by atoms with Gasteiger partial charge in [0.25, 0.3) is 0 Å². The first kappa shape index (κ1) is 26.7. The van der Waals surface area contributed by atoms with E-state index in [1.54, 1.807) is 24.3 Å². The molecule has 0 radical (unpaired) electrons. The number of rotatable bonds is 7. The standard InChI is InChI=1S/C33H38O4/c1-5-13-22-20-27(33(2,3)4)29(21-14-7-6-8-15-21)30(24-17-10-12-19-26(24)32(36)37)28(22)23-16-9-11-18-25(23)31(34)35/h9-12,16-21H,5-8,13-15H2,1-4H3,(H,34,35)(H,36,37). The van der Waals surface area contributed by atoms with E-state index in [1.807, 2.05) is 24.3 Å². The molecule has 37 heavy (non-hydrogen) atoms. The molecule has 3 aromatic rings. The van der Waals surface area contributed by atoms with Crippen LogP contribution in [0, 0.1) is 0 Å². The number of aromatic carboxylic acids is 2. The third kappa shape index (κ3) is 5.34. The normalized spacial score (nSPS) is 14.5. The molecule has 4 rings (SSSR count). The Morgan fingerprint density at radius 2 is 1.32 bits per heavy atom. The highest BCUT2D eigenvalue weighted by Gasteiger charge is 2.33. The first-order valence-corrected chi connectivity index (χ1v) is 13.5. The van der Waals surface area contributed by atoms with Crippen LogP contribution in [0.4, 0.5) is 0 Å². The van der Waals surface area contributed by atoms with Gasteiger partial charge in [-0.1, -0.05) is 95.8 Å². The van der Waals surface area contributed by atoms with Gasteiger partial charge in [-0.25, -0.2) is 9.59 Å². The highest BCUT2D eigenvalue weighted by atomic mass is 16.4. The van der Waals surface area contributed by atoms with Gasteiger partial charge in [0.05, 0.1) is 11.1 Å². The summed E-state index contributed by atoms with van der Waals surface area (Å²) >= 11 is 0. The Hall–Kier alpha value is -3.40. The zero-order valence-electron chi connectivity index (χ0n) is 22.4. The van der Waals surface area contributed by atoms with Crippen molar-refractivity contribution in [3.05, 3.63) is 82.4 Å². The van der Waals surface area contributed by atoms with E-state index in [4.69, 9.17) is 0 Å². The minimum Gasteiger partial charge on any atom is -0.478 e. The van der Waals surface area contributed by atoms with E-state index in [-0.39, 0.29) is 16.5 Å². The van der Waals surface area contributed by atoms with Crippen LogP contribution in [0.5, 0.6) is 0 Å². The van der Waals surface area contributed by atoms with Crippen molar-refractivity contribution in [2.24, 2.45) is 0 Å². The van der Waals surface area contributed by atoms with Crippen molar-refractivity contribution >= 4 is 11.9 Å². The lowest BCUT2D eigenvalue weighted by Crippen LogP contribution is -2.21. The predicted molar refractivity (Wildman–Crippen MR) is 150 cm³/mol. The van der Waals surface area contributed by atoms with Gasteiger partial charge in [0, 0.05) is 0 Å². The molecule has 4 heteroatoms. The molecule has 0 aromatic heterocycles. The molecular weight excluding hydrogens is 460 g/mol. The highest BCUT2D eigenvalue weighted by molar-refractivity contribution is 6.04. The maximum atomic E-state index is 12.5. The zero-order valence-corrected chi connectivity index (χ0v) is 22.4. The quantitative estimate of drug-likeness (QED) is 0.341. The van der Waals surface area contributed by atoms with E-state index < -0.39 is 11.9 Å². The van der Waals surface area contributed by atoms with Gasteiger partial charge in [0.15, 0.2) is 0 Å². The SMILES string of the molecule is CCCc1cc(C(C)(C)C)c(C2CCCCC2)c(-c2ccccc2C(=O)O)c1-c1ccccc1C(=O)O. The van der Waals surface area contributed by atoms with E-state index in [2.05, 4.69) is 33.8 Å². The lowest BCUT2D eigenvalue weighted by molar-refractivity contribution is 0.0686. The van der Waals surface area contributed by atoms with Crippen LogP contribution in [0.25, 0.3) is 22.3 Å². The molecule has 1 saturated carbocycles. The van der Waals surface area contributed by atoms with Crippen molar-refractivity contribution in [2.45, 2.75) is 84.0 Å². The topological polar surface area (TPSA) is 74.6 Å². The maximum absolute atomic E-state index is 12.5. The summed E-state index contributed by atoms with van der Waals surface area (Å²) in [5, 5.41) is 20.4. The number of hydrogen-bond donors (Lipinski definition) is 2. The number of hydrogen-bond acceptors (Lipinski definition) is 2. The molecule has 2 N–H and O–H groups in total. The minimum atomic E-state index is -0.977. The van der Waals surface area contributed by atoms with Crippen molar-refractivity contribution in [1.82, 2.24) is 0 Å². The van der Waals surface area contributed by atoms with E-state index >= 15 is 0 Å². The van der Waals surface area contributed by atoms with Gasteiger partial charge in [-0.2, -0.15) is 0 Å². The van der Waals surface area contributed by atoms with Gasteiger partial charge in [-0.3, -0.25) is 0 Å². The van der Waals surface area contributed by atoms with Crippen LogP contribution in [0.3, 0.4) is 0 Å². The predicted octanol–water partition coefficient (Wildman–Crippen LogP) is 8.71. The lowest BCUT2D eigenvalue weighted by atomic mass is 9.69. The van der Waals surface area contributed by atoms with Gasteiger partial charge in [0.2, 0.25) is 0 Å². The zero-order chi connectivity index (χ0) is 26.7. The van der Waals surface area contributed by atoms with Crippen molar-refractivity contribution in [1.29, 1.82) is 0 Å². The second kappa shape index (κ2) is 10.9. The molecule has 0 bridgehead atoms. The molecule has 0 atom stereocenters. The molecular formula is C33H38O4. The van der Waals surface area contributed by atoms with E-state index in [0.29, 0.717) is 17.0 Å². The van der Waals surface area contributed by atoms with Gasteiger partial charge < -0.3 is 10.2 Å². The fourth-order valence-electron chi connectivity index (χ4n) is 6.02. The van der Waals surface area contributed by atoms with Crippen LogP contribution in [0.15, 0.2) is 54.6 Å². The molecule has 0 heterocycles. The van der Waals surface area contributed by atoms with Gasteiger partial charge in [0.1, 0.15) is 0 Å². The smallest absolute Gasteiger partial charge is 0.336 e. The van der Waals surface area contributed by atoms with E-state index in [9.17, 15) is 19.8 Å². The number of carbonyl (C=O) groups is 2. The molecule has 4 nitrogen and oxygen atoms in total. The lowest BCUT2D eigenvalue weighted by Gasteiger charge is -2.35. The van der Waals surface area contributed by atoms with Gasteiger partial charge >= 0.3 is 11.9 Å². The number of benzene rings is 3. The third-order valence-electron chi connectivity index (χ3n) is 7.64. The minimum absolute atomic E-state index is 0.160. The molecule has 1 fully saturated rings. The van der Waals surface area contributed by atoms with Crippen molar-refractivity contribution in [2.75, 3.05) is 0 Å². The molecule has 0 aliphatic heterocycles. The second-order valence-corrected chi connectivity index (χ2v) is 11.3. The summed E-state index contributed by atoms with van der Waals surface area (Å²) < 4.78 is 0. The molecule has 194 valence electrons. The molecule has 3 aromatic carbocycles. The summed E-state index contributed by atoms with van der Waals surface area (Å²) in [6.07, 6.45) is 7.29. The summed E-state index contributed by atoms with van der Waals surface area (Å²) in [5.41, 5.74) is 6.99.